The number of furan rings is 1. The average molecular weight is 372 g/mol. The van der Waals surface area contributed by atoms with Crippen LogP contribution in [0.2, 0.25) is 0 Å². The first-order valence-corrected chi connectivity index (χ1v) is 9.22. The van der Waals surface area contributed by atoms with Crippen molar-refractivity contribution in [2.75, 3.05) is 24.5 Å². The van der Waals surface area contributed by atoms with Gasteiger partial charge in [-0.2, -0.15) is 5.10 Å². The van der Waals surface area contributed by atoms with Gasteiger partial charge >= 0.3 is 0 Å². The Hall–Kier alpha value is -2.61. The topological polar surface area (TPSA) is 80.8 Å². The Kier molecular flexibility index (Phi) is 4.30. The molecule has 0 radical (unpaired) electrons. The number of hydrogen-bond donors (Lipinski definition) is 0. The molecule has 2 aromatic heterocycles. The minimum absolute atomic E-state index is 0.0194. The van der Waals surface area contributed by atoms with Crippen molar-refractivity contribution in [3.8, 4) is 0 Å². The van der Waals surface area contributed by atoms with Crippen molar-refractivity contribution in [2.45, 2.75) is 39.4 Å². The number of fused-ring (bicyclic) bond motifs is 1. The van der Waals surface area contributed by atoms with Gasteiger partial charge in [-0.3, -0.25) is 19.2 Å². The van der Waals surface area contributed by atoms with E-state index in [0.29, 0.717) is 31.1 Å². The summed E-state index contributed by atoms with van der Waals surface area (Å²) in [7, 11) is 1.83. The first-order chi connectivity index (χ1) is 12.8. The third kappa shape index (κ3) is 3.03. The lowest BCUT2D eigenvalue weighted by Gasteiger charge is -2.33. The summed E-state index contributed by atoms with van der Waals surface area (Å²) in [4.78, 5) is 28.8. The fraction of sp³-hybridized carbons (Fsp3) is 0.526. The summed E-state index contributed by atoms with van der Waals surface area (Å²) in [5.41, 5.74) is 2.31. The summed E-state index contributed by atoms with van der Waals surface area (Å²) in [6.07, 6.45) is 0.571. The number of carbonyl (C=O) groups excluding carboxylic acids is 2. The van der Waals surface area contributed by atoms with Crippen LogP contribution in [0.3, 0.4) is 0 Å². The van der Waals surface area contributed by atoms with Crippen LogP contribution in [0.4, 0.5) is 5.88 Å². The highest BCUT2D eigenvalue weighted by atomic mass is 16.5. The predicted octanol–water partition coefficient (Wildman–Crippen LogP) is 1.83. The molecule has 4 heterocycles. The van der Waals surface area contributed by atoms with Crippen LogP contribution >= 0.6 is 0 Å². The molecule has 0 N–H and O–H groups in total. The maximum atomic E-state index is 13.1. The second-order valence-corrected chi connectivity index (χ2v) is 7.29. The van der Waals surface area contributed by atoms with Gasteiger partial charge in [0.2, 0.25) is 11.8 Å². The molecule has 0 aliphatic carbocycles. The average Bonchev–Trinajstić information content (AvgIpc) is 3.17. The van der Waals surface area contributed by atoms with E-state index in [-0.39, 0.29) is 30.6 Å². The first-order valence-electron chi connectivity index (χ1n) is 9.22. The zero-order chi connectivity index (χ0) is 19.3. The van der Waals surface area contributed by atoms with Crippen LogP contribution < -0.4 is 4.90 Å². The van der Waals surface area contributed by atoms with Crippen LogP contribution in [0.25, 0.3) is 0 Å². The Balaban J connectivity index is 1.55. The standard InChI is InChI=1S/C19H24N4O4/c1-11-5-6-16(27-11)23-8-7-22(10-15(23)24)19(25)17-14-9-12(2)26-13(3)18(14)21(4)20-17/h5-6,12-13H,7-10H2,1-4H3/t12-,13+/m1/s1. The molecule has 2 aliphatic rings. The lowest BCUT2D eigenvalue weighted by Crippen LogP contribution is -2.52. The fourth-order valence-electron chi connectivity index (χ4n) is 4.01. The molecule has 2 amide bonds. The highest BCUT2D eigenvalue weighted by Crippen LogP contribution is 2.32. The van der Waals surface area contributed by atoms with Crippen LogP contribution in [0.1, 0.15) is 47.5 Å². The quantitative estimate of drug-likeness (QED) is 0.803. The summed E-state index contributed by atoms with van der Waals surface area (Å²) in [6, 6.07) is 3.60. The van der Waals surface area contributed by atoms with Gasteiger partial charge in [-0.1, -0.05) is 0 Å². The minimum atomic E-state index is -0.197. The summed E-state index contributed by atoms with van der Waals surface area (Å²) >= 11 is 0. The summed E-state index contributed by atoms with van der Waals surface area (Å²) < 4.78 is 13.1. The molecule has 8 heteroatoms. The Morgan fingerprint density at radius 3 is 2.70 bits per heavy atom. The van der Waals surface area contributed by atoms with Gasteiger partial charge in [0.1, 0.15) is 12.3 Å². The molecular weight excluding hydrogens is 348 g/mol. The number of nitrogens with zero attached hydrogens (tertiary/aromatic N) is 4. The Morgan fingerprint density at radius 2 is 2.04 bits per heavy atom. The largest absolute Gasteiger partial charge is 0.445 e. The molecule has 0 bridgehead atoms. The molecule has 0 spiro atoms. The molecular formula is C19H24N4O4. The van der Waals surface area contributed by atoms with E-state index >= 15 is 0 Å². The van der Waals surface area contributed by atoms with Crippen molar-refractivity contribution < 1.29 is 18.7 Å². The summed E-state index contributed by atoms with van der Waals surface area (Å²) in [5, 5.41) is 4.46. The van der Waals surface area contributed by atoms with Gasteiger partial charge in [-0.25, -0.2) is 0 Å². The van der Waals surface area contributed by atoms with E-state index < -0.39 is 0 Å². The van der Waals surface area contributed by atoms with Crippen LogP contribution in [0.5, 0.6) is 0 Å². The number of aryl methyl sites for hydroxylation is 2. The Labute approximate surface area is 157 Å². The lowest BCUT2D eigenvalue weighted by molar-refractivity contribution is -0.120. The molecule has 0 aromatic carbocycles. The summed E-state index contributed by atoms with van der Waals surface area (Å²) in [6.45, 7) is 6.67. The van der Waals surface area contributed by atoms with Gasteiger partial charge in [-0.05, 0) is 26.8 Å². The van der Waals surface area contributed by atoms with E-state index in [9.17, 15) is 9.59 Å². The number of piperazine rings is 1. The highest BCUT2D eigenvalue weighted by Gasteiger charge is 2.36. The van der Waals surface area contributed by atoms with Gasteiger partial charge in [-0.15, -0.1) is 0 Å². The van der Waals surface area contributed by atoms with Crippen molar-refractivity contribution >= 4 is 17.7 Å². The SMILES string of the molecule is Cc1ccc(N2CCN(C(=O)c3nn(C)c4c3C[C@@H](C)O[C@H]4C)CC2=O)o1. The van der Waals surface area contributed by atoms with E-state index in [0.717, 1.165) is 17.0 Å². The third-order valence-electron chi connectivity index (χ3n) is 5.21. The van der Waals surface area contributed by atoms with Crippen LogP contribution in [-0.4, -0.2) is 52.2 Å². The third-order valence-corrected chi connectivity index (χ3v) is 5.21. The van der Waals surface area contributed by atoms with Crippen LogP contribution in [0.15, 0.2) is 16.5 Å². The molecule has 4 rings (SSSR count). The van der Waals surface area contributed by atoms with Gasteiger partial charge < -0.3 is 14.1 Å². The smallest absolute Gasteiger partial charge is 0.275 e. The first kappa shape index (κ1) is 17.8. The van der Waals surface area contributed by atoms with Crippen molar-refractivity contribution in [1.82, 2.24) is 14.7 Å². The maximum Gasteiger partial charge on any atom is 0.275 e. The predicted molar refractivity (Wildman–Crippen MR) is 97.6 cm³/mol. The zero-order valence-electron chi connectivity index (χ0n) is 16.1. The Morgan fingerprint density at radius 1 is 1.26 bits per heavy atom. The van der Waals surface area contributed by atoms with E-state index in [1.807, 2.05) is 33.9 Å². The van der Waals surface area contributed by atoms with E-state index in [1.54, 1.807) is 20.5 Å². The molecule has 8 nitrogen and oxygen atoms in total. The molecule has 144 valence electrons. The van der Waals surface area contributed by atoms with E-state index in [2.05, 4.69) is 5.10 Å². The minimum Gasteiger partial charge on any atom is -0.445 e. The van der Waals surface area contributed by atoms with Gasteiger partial charge in [0.25, 0.3) is 5.91 Å². The number of rotatable bonds is 2. The van der Waals surface area contributed by atoms with Crippen molar-refractivity contribution in [1.29, 1.82) is 0 Å². The number of hydrogen-bond acceptors (Lipinski definition) is 5. The molecule has 2 aliphatic heterocycles. The molecule has 2 aromatic rings. The number of aromatic nitrogens is 2. The molecule has 1 saturated heterocycles. The van der Waals surface area contributed by atoms with Crippen molar-refractivity contribution in [2.24, 2.45) is 7.05 Å². The van der Waals surface area contributed by atoms with Crippen molar-refractivity contribution in [3.63, 3.8) is 0 Å². The van der Waals surface area contributed by atoms with E-state index in [1.165, 1.54) is 0 Å². The zero-order valence-corrected chi connectivity index (χ0v) is 16.1. The van der Waals surface area contributed by atoms with E-state index in [4.69, 9.17) is 9.15 Å². The van der Waals surface area contributed by atoms with Gasteiger partial charge in [0.05, 0.1) is 17.9 Å². The normalized spacial score (nSPS) is 22.9. The molecule has 1 fully saturated rings. The second kappa shape index (κ2) is 6.53. The number of anilines is 1. The van der Waals surface area contributed by atoms with Crippen molar-refractivity contribution in [3.05, 3.63) is 34.8 Å². The Bertz CT molecular complexity index is 900. The molecule has 27 heavy (non-hydrogen) atoms. The molecule has 0 saturated carbocycles. The lowest BCUT2D eigenvalue weighted by atomic mass is 9.99. The monoisotopic (exact) mass is 372 g/mol. The molecule has 0 unspecified atom stereocenters. The molecule has 2 atom stereocenters. The highest BCUT2D eigenvalue weighted by molar-refractivity contribution is 6.01. The number of carbonyl (C=O) groups is 2. The van der Waals surface area contributed by atoms with Gasteiger partial charge in [0.15, 0.2) is 5.69 Å². The fourth-order valence-corrected chi connectivity index (χ4v) is 4.01. The van der Waals surface area contributed by atoms with Gasteiger partial charge in [0, 0.05) is 38.2 Å². The summed E-state index contributed by atoms with van der Waals surface area (Å²) in [5.74, 6) is 0.928. The number of ether oxygens (including phenoxy) is 1. The number of amides is 2. The van der Waals surface area contributed by atoms with Crippen LogP contribution in [0, 0.1) is 6.92 Å². The van der Waals surface area contributed by atoms with Crippen LogP contribution in [-0.2, 0) is 23.0 Å². The maximum absolute atomic E-state index is 13.1. The second-order valence-electron chi connectivity index (χ2n) is 7.29.